The first kappa shape index (κ1) is 21.7. The number of imidazole rings is 1. The molecule has 0 aliphatic heterocycles. The van der Waals surface area contributed by atoms with Crippen LogP contribution >= 0.6 is 23.4 Å². The number of rotatable bonds is 8. The second-order valence-electron chi connectivity index (χ2n) is 7.16. The maximum absolute atomic E-state index is 12.9. The maximum Gasteiger partial charge on any atom is 0.237 e. The zero-order valence-electron chi connectivity index (χ0n) is 17.1. The molecule has 0 saturated carbocycles. The number of aromatic nitrogens is 2. The molecule has 1 amide bonds. The minimum Gasteiger partial charge on any atom is -0.383 e. The molecule has 0 bridgehead atoms. The van der Waals surface area contributed by atoms with Crippen molar-refractivity contribution in [3.8, 4) is 0 Å². The number of ether oxygens (including phenoxy) is 1. The Hall–Kier alpha value is -2.02. The number of nitrogens with zero attached hydrogens (tertiary/aromatic N) is 2. The van der Waals surface area contributed by atoms with Gasteiger partial charge in [-0.3, -0.25) is 4.79 Å². The van der Waals surface area contributed by atoms with Gasteiger partial charge in [0.05, 0.1) is 22.9 Å². The lowest BCUT2D eigenvalue weighted by atomic mass is 10.0. The third-order valence-corrected chi connectivity index (χ3v) is 6.01. The van der Waals surface area contributed by atoms with Crippen LogP contribution in [0.5, 0.6) is 0 Å². The highest BCUT2D eigenvalue weighted by Crippen LogP contribution is 2.30. The number of benzene rings is 2. The van der Waals surface area contributed by atoms with Crippen LogP contribution in [0.4, 0.5) is 5.69 Å². The van der Waals surface area contributed by atoms with Gasteiger partial charge in [0, 0.05) is 24.4 Å². The third-order valence-electron chi connectivity index (χ3n) is 4.69. The number of fused-ring (bicyclic) bond motifs is 1. The van der Waals surface area contributed by atoms with Crippen molar-refractivity contribution in [2.45, 2.75) is 43.6 Å². The Bertz CT molecular complexity index is 1000. The molecule has 3 rings (SSSR count). The van der Waals surface area contributed by atoms with E-state index >= 15 is 0 Å². The first-order valence-electron chi connectivity index (χ1n) is 9.62. The lowest BCUT2D eigenvalue weighted by Gasteiger charge is -2.16. The van der Waals surface area contributed by atoms with Crippen LogP contribution in [0.3, 0.4) is 0 Å². The number of methoxy groups -OCH3 is 1. The molecule has 1 atom stereocenters. The number of hydrogen-bond acceptors (Lipinski definition) is 4. The standard InChI is InChI=1S/C22H26ClN3O2S/c1-14(2)17-7-5-6-8-18(17)24-21(27)15(3)29-22-25-19-13-16(23)9-10-20(19)26(22)11-12-28-4/h5-10,13-15H,11-12H2,1-4H3,(H,24,27). The second kappa shape index (κ2) is 9.65. The Morgan fingerprint density at radius 2 is 2.00 bits per heavy atom. The van der Waals surface area contributed by atoms with Crippen molar-refractivity contribution in [1.29, 1.82) is 0 Å². The van der Waals surface area contributed by atoms with Crippen molar-refractivity contribution < 1.29 is 9.53 Å². The van der Waals surface area contributed by atoms with Crippen molar-refractivity contribution in [2.75, 3.05) is 19.0 Å². The van der Waals surface area contributed by atoms with Gasteiger partial charge in [-0.05, 0) is 42.7 Å². The highest BCUT2D eigenvalue weighted by molar-refractivity contribution is 8.00. The Morgan fingerprint density at radius 3 is 2.72 bits per heavy atom. The van der Waals surface area contributed by atoms with Crippen molar-refractivity contribution >= 4 is 46.0 Å². The number of carbonyl (C=O) groups excluding carboxylic acids is 1. The Morgan fingerprint density at radius 1 is 1.24 bits per heavy atom. The van der Waals surface area contributed by atoms with Crippen molar-refractivity contribution in [3.63, 3.8) is 0 Å². The molecule has 5 nitrogen and oxygen atoms in total. The minimum absolute atomic E-state index is 0.0496. The van der Waals surface area contributed by atoms with Gasteiger partial charge in [0.15, 0.2) is 5.16 Å². The number of nitrogens with one attached hydrogen (secondary N) is 1. The van der Waals surface area contributed by atoms with E-state index in [0.717, 1.165) is 27.4 Å². The quantitative estimate of drug-likeness (QED) is 0.473. The lowest BCUT2D eigenvalue weighted by molar-refractivity contribution is -0.115. The minimum atomic E-state index is -0.316. The summed E-state index contributed by atoms with van der Waals surface area (Å²) in [6, 6.07) is 13.6. The van der Waals surface area contributed by atoms with Crippen LogP contribution in [0.25, 0.3) is 11.0 Å². The number of para-hydroxylation sites is 1. The van der Waals surface area contributed by atoms with Crippen LogP contribution < -0.4 is 5.32 Å². The number of anilines is 1. The monoisotopic (exact) mass is 431 g/mol. The molecular formula is C22H26ClN3O2S. The van der Waals surface area contributed by atoms with Gasteiger partial charge in [0.2, 0.25) is 5.91 Å². The van der Waals surface area contributed by atoms with Crippen LogP contribution in [0.2, 0.25) is 5.02 Å². The van der Waals surface area contributed by atoms with Crippen LogP contribution in [0.1, 0.15) is 32.3 Å². The molecule has 2 aromatic carbocycles. The predicted octanol–water partition coefficient (Wildman–Crippen LogP) is 5.58. The molecule has 1 unspecified atom stereocenters. The van der Waals surface area contributed by atoms with Crippen molar-refractivity contribution in [1.82, 2.24) is 9.55 Å². The number of carbonyl (C=O) groups is 1. The normalized spacial score (nSPS) is 12.5. The number of amides is 1. The summed E-state index contributed by atoms with van der Waals surface area (Å²) in [4.78, 5) is 17.6. The van der Waals surface area contributed by atoms with E-state index in [1.54, 1.807) is 7.11 Å². The molecule has 3 aromatic rings. The summed E-state index contributed by atoms with van der Waals surface area (Å²) < 4.78 is 7.32. The van der Waals surface area contributed by atoms with Gasteiger partial charge in [-0.2, -0.15) is 0 Å². The molecule has 1 heterocycles. The molecular weight excluding hydrogens is 406 g/mol. The zero-order valence-corrected chi connectivity index (χ0v) is 18.7. The van der Waals surface area contributed by atoms with E-state index in [1.165, 1.54) is 11.8 Å². The predicted molar refractivity (Wildman–Crippen MR) is 121 cm³/mol. The smallest absolute Gasteiger partial charge is 0.237 e. The molecule has 0 radical (unpaired) electrons. The second-order valence-corrected chi connectivity index (χ2v) is 8.91. The first-order valence-corrected chi connectivity index (χ1v) is 10.9. The molecule has 0 fully saturated rings. The van der Waals surface area contributed by atoms with E-state index in [2.05, 4.69) is 23.7 Å². The Balaban J connectivity index is 1.82. The maximum atomic E-state index is 12.9. The van der Waals surface area contributed by atoms with Crippen molar-refractivity contribution in [2.24, 2.45) is 0 Å². The highest BCUT2D eigenvalue weighted by atomic mass is 35.5. The third kappa shape index (κ3) is 5.13. The van der Waals surface area contributed by atoms with Gasteiger partial charge in [0.1, 0.15) is 0 Å². The molecule has 7 heteroatoms. The van der Waals surface area contributed by atoms with E-state index in [0.29, 0.717) is 24.1 Å². The zero-order chi connectivity index (χ0) is 21.0. The molecule has 0 aliphatic rings. The topological polar surface area (TPSA) is 56.1 Å². The molecule has 29 heavy (non-hydrogen) atoms. The molecule has 1 aromatic heterocycles. The van der Waals surface area contributed by atoms with Gasteiger partial charge in [-0.15, -0.1) is 0 Å². The van der Waals surface area contributed by atoms with Gasteiger partial charge >= 0.3 is 0 Å². The summed E-state index contributed by atoms with van der Waals surface area (Å²) in [5, 5.41) is 4.18. The summed E-state index contributed by atoms with van der Waals surface area (Å²) in [5.41, 5.74) is 3.78. The average Bonchev–Trinajstić information content (AvgIpc) is 3.02. The van der Waals surface area contributed by atoms with Gasteiger partial charge in [0.25, 0.3) is 0 Å². The summed E-state index contributed by atoms with van der Waals surface area (Å²) in [7, 11) is 1.67. The fraction of sp³-hybridized carbons (Fsp3) is 0.364. The first-order chi connectivity index (χ1) is 13.9. The van der Waals surface area contributed by atoms with E-state index in [4.69, 9.17) is 21.3 Å². The van der Waals surface area contributed by atoms with Crippen LogP contribution in [0.15, 0.2) is 47.6 Å². The summed E-state index contributed by atoms with van der Waals surface area (Å²) in [6.07, 6.45) is 0. The lowest BCUT2D eigenvalue weighted by Crippen LogP contribution is -2.23. The summed E-state index contributed by atoms with van der Waals surface area (Å²) in [5.74, 6) is 0.281. The molecule has 1 N–H and O–H groups in total. The fourth-order valence-electron chi connectivity index (χ4n) is 3.13. The molecule has 0 saturated heterocycles. The fourth-order valence-corrected chi connectivity index (χ4v) is 4.25. The van der Waals surface area contributed by atoms with Crippen LogP contribution in [0, 0.1) is 0 Å². The largest absolute Gasteiger partial charge is 0.383 e. The Kier molecular flexibility index (Phi) is 7.22. The van der Waals surface area contributed by atoms with Gasteiger partial charge in [-0.25, -0.2) is 4.98 Å². The number of thioether (sulfide) groups is 1. The van der Waals surface area contributed by atoms with Crippen LogP contribution in [-0.4, -0.2) is 34.4 Å². The molecule has 154 valence electrons. The number of hydrogen-bond donors (Lipinski definition) is 1. The summed E-state index contributed by atoms with van der Waals surface area (Å²) in [6.45, 7) is 7.34. The molecule has 0 spiro atoms. The van der Waals surface area contributed by atoms with Crippen LogP contribution in [-0.2, 0) is 16.1 Å². The molecule has 0 aliphatic carbocycles. The van der Waals surface area contributed by atoms with Gasteiger partial charge in [-0.1, -0.05) is 55.4 Å². The van der Waals surface area contributed by atoms with Gasteiger partial charge < -0.3 is 14.6 Å². The Labute approximate surface area is 180 Å². The van der Waals surface area contributed by atoms with E-state index < -0.39 is 0 Å². The SMILES string of the molecule is COCCn1c(SC(C)C(=O)Nc2ccccc2C(C)C)nc2cc(Cl)ccc21. The highest BCUT2D eigenvalue weighted by Gasteiger charge is 2.21. The average molecular weight is 432 g/mol. The van der Waals surface area contributed by atoms with E-state index in [1.807, 2.05) is 49.4 Å². The van der Waals surface area contributed by atoms with E-state index in [9.17, 15) is 4.79 Å². The number of halogens is 1. The van der Waals surface area contributed by atoms with E-state index in [-0.39, 0.29) is 11.2 Å². The summed E-state index contributed by atoms with van der Waals surface area (Å²) >= 11 is 7.56. The van der Waals surface area contributed by atoms with Crippen molar-refractivity contribution in [3.05, 3.63) is 53.1 Å².